The fourth-order valence-electron chi connectivity index (χ4n) is 5.76. The van der Waals surface area contributed by atoms with Crippen molar-refractivity contribution in [3.63, 3.8) is 0 Å². The summed E-state index contributed by atoms with van der Waals surface area (Å²) in [6.45, 7) is 7.25. The van der Waals surface area contributed by atoms with Crippen molar-refractivity contribution < 1.29 is 22.7 Å². The number of aryl methyl sites for hydroxylation is 1. The van der Waals surface area contributed by atoms with Crippen molar-refractivity contribution in [2.45, 2.75) is 61.9 Å². The Morgan fingerprint density at radius 2 is 1.68 bits per heavy atom. The summed E-state index contributed by atoms with van der Waals surface area (Å²) in [5, 5.41) is -0.798. The van der Waals surface area contributed by atoms with Gasteiger partial charge in [-0.3, -0.25) is 9.69 Å². The third-order valence-corrected chi connectivity index (χ3v) is 9.32. The van der Waals surface area contributed by atoms with E-state index in [4.69, 9.17) is 4.74 Å². The van der Waals surface area contributed by atoms with Crippen LogP contribution in [0.15, 0.2) is 65.6 Å². The van der Waals surface area contributed by atoms with Crippen LogP contribution < -0.4 is 0 Å². The highest BCUT2D eigenvalue weighted by molar-refractivity contribution is 7.92. The number of allylic oxidation sites excluding steroid dienone is 1. The van der Waals surface area contributed by atoms with E-state index in [1.54, 1.807) is 49.9 Å². The molecule has 0 aromatic heterocycles. The van der Waals surface area contributed by atoms with Crippen molar-refractivity contribution in [3.8, 4) is 0 Å². The molecule has 2 aliphatic heterocycles. The zero-order chi connectivity index (χ0) is 24.4. The molecule has 7 heteroatoms. The molecule has 6 nitrogen and oxygen atoms in total. The number of carbonyl (C=O) groups is 2. The quantitative estimate of drug-likeness (QED) is 0.651. The van der Waals surface area contributed by atoms with Gasteiger partial charge in [0.25, 0.3) is 0 Å². The van der Waals surface area contributed by atoms with Gasteiger partial charge in [-0.15, -0.1) is 0 Å². The number of ketones is 1. The Balaban J connectivity index is 1.57. The van der Waals surface area contributed by atoms with Gasteiger partial charge in [-0.05, 0) is 51.8 Å². The van der Waals surface area contributed by atoms with Crippen molar-refractivity contribution in [1.82, 2.24) is 4.90 Å². The molecule has 2 saturated heterocycles. The number of hydrogen-bond acceptors (Lipinski definition) is 5. The average molecular weight is 480 g/mol. The number of hydrogen-bond donors (Lipinski definition) is 0. The lowest BCUT2D eigenvalue weighted by Crippen LogP contribution is -2.45. The zero-order valence-electron chi connectivity index (χ0n) is 19.8. The second-order valence-corrected chi connectivity index (χ2v) is 12.7. The van der Waals surface area contributed by atoms with Crippen LogP contribution >= 0.6 is 0 Å². The van der Waals surface area contributed by atoms with Crippen LogP contribution in [0.4, 0.5) is 4.79 Å². The minimum atomic E-state index is -3.72. The van der Waals surface area contributed by atoms with Crippen LogP contribution in [-0.4, -0.2) is 48.1 Å². The average Bonchev–Trinajstić information content (AvgIpc) is 3.42. The maximum absolute atomic E-state index is 13.7. The first-order valence-corrected chi connectivity index (χ1v) is 13.2. The van der Waals surface area contributed by atoms with Crippen LogP contribution in [0.25, 0.3) is 5.57 Å². The summed E-state index contributed by atoms with van der Waals surface area (Å²) >= 11 is 0. The summed E-state index contributed by atoms with van der Waals surface area (Å²) in [6, 6.07) is 15.1. The Morgan fingerprint density at radius 1 is 1.03 bits per heavy atom. The smallest absolute Gasteiger partial charge is 0.410 e. The number of Topliss-reactive ketones (excluding diaryl/α,β-unsaturated/α-hetero) is 1. The van der Waals surface area contributed by atoms with E-state index in [2.05, 4.69) is 0 Å². The molecular formula is C27H29NO5S. The lowest BCUT2D eigenvalue weighted by Gasteiger charge is -2.30. The van der Waals surface area contributed by atoms with E-state index in [-0.39, 0.29) is 23.0 Å². The summed E-state index contributed by atoms with van der Waals surface area (Å²) < 4.78 is 33.1. The molecule has 34 heavy (non-hydrogen) atoms. The topological polar surface area (TPSA) is 80.8 Å². The van der Waals surface area contributed by atoms with Crippen molar-refractivity contribution in [3.05, 3.63) is 71.8 Å². The van der Waals surface area contributed by atoms with Crippen molar-refractivity contribution in [2.24, 2.45) is 11.8 Å². The van der Waals surface area contributed by atoms with Crippen LogP contribution in [-0.2, 0) is 19.4 Å². The summed E-state index contributed by atoms with van der Waals surface area (Å²) in [4.78, 5) is 28.5. The third kappa shape index (κ3) is 3.57. The molecule has 0 N–H and O–H groups in total. The number of amides is 1. The van der Waals surface area contributed by atoms with E-state index >= 15 is 0 Å². The first-order valence-electron chi connectivity index (χ1n) is 11.6. The standard InChI is InChI=1S/C27H29NO5S/c1-16-10-12-18(13-11-16)34(31,32)22-15-21-23-20(24(22)28(21)26(30)33-27(2,3)4)14-19(25(23)29)17-8-6-5-7-9-17/h5-14,20-24H,15H2,1-4H3/t20-,21+,22-,23+,24+/m0/s1. The largest absolute Gasteiger partial charge is 0.444 e. The predicted octanol–water partition coefficient (Wildman–Crippen LogP) is 4.43. The summed E-state index contributed by atoms with van der Waals surface area (Å²) in [7, 11) is -3.72. The lowest BCUT2D eigenvalue weighted by atomic mass is 9.80. The Morgan fingerprint density at radius 3 is 2.29 bits per heavy atom. The molecule has 3 aliphatic rings. The van der Waals surface area contributed by atoms with Gasteiger partial charge < -0.3 is 4.74 Å². The van der Waals surface area contributed by atoms with Gasteiger partial charge in [0.1, 0.15) is 5.60 Å². The van der Waals surface area contributed by atoms with E-state index in [0.29, 0.717) is 5.57 Å². The van der Waals surface area contributed by atoms with Crippen LogP contribution in [0.3, 0.4) is 0 Å². The van der Waals surface area contributed by atoms with E-state index in [9.17, 15) is 18.0 Å². The van der Waals surface area contributed by atoms with Gasteiger partial charge in [0.05, 0.1) is 22.1 Å². The number of fused-ring (bicyclic) bond motifs is 5. The highest BCUT2D eigenvalue weighted by Crippen LogP contribution is 2.55. The van der Waals surface area contributed by atoms with Crippen molar-refractivity contribution >= 4 is 27.3 Å². The van der Waals surface area contributed by atoms with E-state index in [0.717, 1.165) is 11.1 Å². The number of sulfone groups is 1. The SMILES string of the molecule is Cc1ccc(S(=O)(=O)[C@H]2C[C@@H]3[C@@H]4C(=O)C(c5ccccc5)=C[C@@H]4[C@H]2N3C(=O)OC(C)(C)C)cc1. The molecule has 0 radical (unpaired) electrons. The van der Waals surface area contributed by atoms with Gasteiger partial charge in [0.15, 0.2) is 15.6 Å². The number of carbonyl (C=O) groups excluding carboxylic acids is 2. The Labute approximate surface area is 200 Å². The Hall–Kier alpha value is -2.93. The molecule has 0 spiro atoms. The molecule has 2 heterocycles. The molecule has 2 fully saturated rings. The summed E-state index contributed by atoms with van der Waals surface area (Å²) in [5.41, 5.74) is 1.68. The van der Waals surface area contributed by atoms with Gasteiger partial charge >= 0.3 is 6.09 Å². The van der Waals surface area contributed by atoms with Crippen LogP contribution in [0.1, 0.15) is 38.3 Å². The molecule has 1 aliphatic carbocycles. The molecule has 2 aromatic rings. The fraction of sp³-hybridized carbons (Fsp3) is 0.407. The molecule has 0 unspecified atom stereocenters. The van der Waals surface area contributed by atoms with Crippen LogP contribution in [0, 0.1) is 18.8 Å². The van der Waals surface area contributed by atoms with Gasteiger partial charge in [0, 0.05) is 17.5 Å². The van der Waals surface area contributed by atoms with Gasteiger partial charge in [-0.2, -0.15) is 0 Å². The molecule has 0 saturated carbocycles. The number of benzene rings is 2. The Kier molecular flexibility index (Phi) is 5.24. The minimum Gasteiger partial charge on any atom is -0.444 e. The minimum absolute atomic E-state index is 0.0246. The maximum atomic E-state index is 13.7. The maximum Gasteiger partial charge on any atom is 0.410 e. The molecule has 2 bridgehead atoms. The fourth-order valence-corrected chi connectivity index (χ4v) is 7.76. The second-order valence-electron chi connectivity index (χ2n) is 10.5. The van der Waals surface area contributed by atoms with Crippen molar-refractivity contribution in [2.75, 3.05) is 0 Å². The van der Waals surface area contributed by atoms with E-state index < -0.39 is 44.8 Å². The predicted molar refractivity (Wildman–Crippen MR) is 129 cm³/mol. The Bertz CT molecular complexity index is 1270. The van der Waals surface area contributed by atoms with Crippen molar-refractivity contribution in [1.29, 1.82) is 0 Å². The summed E-state index contributed by atoms with van der Waals surface area (Å²) in [5.74, 6) is -0.833. The lowest BCUT2D eigenvalue weighted by molar-refractivity contribution is -0.118. The number of nitrogens with zero attached hydrogens (tertiary/aromatic N) is 1. The monoisotopic (exact) mass is 479 g/mol. The molecule has 178 valence electrons. The first kappa shape index (κ1) is 22.8. The first-order chi connectivity index (χ1) is 16.0. The summed E-state index contributed by atoms with van der Waals surface area (Å²) in [6.07, 6.45) is 1.56. The normalized spacial score (nSPS) is 28.1. The zero-order valence-corrected chi connectivity index (χ0v) is 20.6. The molecule has 2 aromatic carbocycles. The third-order valence-electron chi connectivity index (χ3n) is 7.12. The van der Waals surface area contributed by atoms with Crippen LogP contribution in [0.5, 0.6) is 0 Å². The highest BCUT2D eigenvalue weighted by atomic mass is 32.2. The van der Waals surface area contributed by atoms with Crippen LogP contribution in [0.2, 0.25) is 0 Å². The highest BCUT2D eigenvalue weighted by Gasteiger charge is 2.66. The van der Waals surface area contributed by atoms with E-state index in [1.165, 1.54) is 0 Å². The second kappa shape index (κ2) is 7.80. The van der Waals surface area contributed by atoms with Gasteiger partial charge in [-0.1, -0.05) is 54.1 Å². The molecular weight excluding hydrogens is 450 g/mol. The molecule has 5 atom stereocenters. The molecule has 5 rings (SSSR count). The van der Waals surface area contributed by atoms with Gasteiger partial charge in [-0.25, -0.2) is 13.2 Å². The van der Waals surface area contributed by atoms with E-state index in [1.807, 2.05) is 43.3 Å². The number of ether oxygens (including phenoxy) is 1. The molecule has 1 amide bonds. The number of rotatable bonds is 3. The van der Waals surface area contributed by atoms with Gasteiger partial charge in [0.2, 0.25) is 0 Å².